The van der Waals surface area contributed by atoms with Gasteiger partial charge in [-0.05, 0) is 86.1 Å². The second kappa shape index (κ2) is 21.3. The Morgan fingerprint density at radius 3 is 1.63 bits per heavy atom. The van der Waals surface area contributed by atoms with Crippen molar-refractivity contribution in [3.63, 3.8) is 0 Å². The summed E-state index contributed by atoms with van der Waals surface area (Å²) in [6.07, 6.45) is 18.4. The highest BCUT2D eigenvalue weighted by Gasteiger charge is 2.28. The van der Waals surface area contributed by atoms with Crippen molar-refractivity contribution in [1.82, 2.24) is 49.7 Å². The minimum atomic E-state index is -0.551. The zero-order chi connectivity index (χ0) is 47.1. The molecule has 354 valence electrons. The summed E-state index contributed by atoms with van der Waals surface area (Å²) in [5.74, 6) is 0.884. The molecule has 1 aromatic carbocycles. The highest BCUT2D eigenvalue weighted by atomic mass is 35.5. The largest absolute Gasteiger partial charge is 0.367 e. The first-order valence-electron chi connectivity index (χ1n) is 23.1. The molecular weight excluding hydrogens is 917 g/mol. The number of hydrogen-bond donors (Lipinski definition) is 4. The maximum absolute atomic E-state index is 14.5. The summed E-state index contributed by atoms with van der Waals surface area (Å²) >= 11 is 12.2. The Bertz CT molecular complexity index is 2890. The predicted molar refractivity (Wildman–Crippen MR) is 256 cm³/mol. The molecule has 0 bridgehead atoms. The summed E-state index contributed by atoms with van der Waals surface area (Å²) in [4.78, 5) is 61.1. The lowest BCUT2D eigenvalue weighted by atomic mass is 9.96. The van der Waals surface area contributed by atoms with Crippen LogP contribution < -0.4 is 10.6 Å². The van der Waals surface area contributed by atoms with Crippen molar-refractivity contribution in [3.8, 4) is 22.8 Å². The average Bonchev–Trinajstić information content (AvgIpc) is 4.13. The molecule has 2 amide bonds. The van der Waals surface area contributed by atoms with Crippen molar-refractivity contribution in [2.75, 3.05) is 49.9 Å². The zero-order valence-electron chi connectivity index (χ0n) is 37.3. The quantitative estimate of drug-likeness (QED) is 0.0923. The summed E-state index contributed by atoms with van der Waals surface area (Å²) in [5.41, 5.74) is 3.47. The van der Waals surface area contributed by atoms with Gasteiger partial charge in [-0.15, -0.1) is 0 Å². The summed E-state index contributed by atoms with van der Waals surface area (Å²) in [7, 11) is 0. The van der Waals surface area contributed by atoms with Gasteiger partial charge in [0, 0.05) is 92.4 Å². The second-order valence-corrected chi connectivity index (χ2v) is 18.8. The van der Waals surface area contributed by atoms with Crippen LogP contribution in [0, 0.1) is 35.2 Å². The Morgan fingerprint density at radius 2 is 1.12 bits per heavy atom. The topological polar surface area (TPSA) is 174 Å². The van der Waals surface area contributed by atoms with Gasteiger partial charge in [-0.1, -0.05) is 48.2 Å². The molecule has 7 aromatic rings. The van der Waals surface area contributed by atoms with Crippen molar-refractivity contribution in [2.24, 2.45) is 17.8 Å². The Morgan fingerprint density at radius 1 is 0.632 bits per heavy atom. The third-order valence-corrected chi connectivity index (χ3v) is 13.4. The first kappa shape index (κ1) is 46.8. The molecule has 3 aliphatic rings. The SMILES string of the molecule is O=C(CC1CCCC1)N1CCC[C@H](CNc2nc(-c3c[nH]c4ncc(Cl)cc34)ncc2F)C1.O=C(Cc1ccc(F)cc1)N1CCC[C@H](CNc2nc(-c3c[nH]c4ncc(Cl)cc34)ncc2F)C1. The number of likely N-dealkylation sites (tertiary alicyclic amines) is 2. The van der Waals surface area contributed by atoms with Gasteiger partial charge < -0.3 is 30.4 Å². The lowest BCUT2D eigenvalue weighted by Gasteiger charge is -2.33. The smallest absolute Gasteiger partial charge is 0.226 e. The fourth-order valence-corrected chi connectivity index (χ4v) is 9.76. The van der Waals surface area contributed by atoms with Crippen molar-refractivity contribution in [2.45, 2.75) is 64.2 Å². The van der Waals surface area contributed by atoms with E-state index < -0.39 is 11.6 Å². The molecule has 14 nitrogen and oxygen atoms in total. The third-order valence-electron chi connectivity index (χ3n) is 13.0. The van der Waals surface area contributed by atoms with Gasteiger partial charge >= 0.3 is 0 Å². The minimum absolute atomic E-state index is 0.00316. The molecule has 1 aliphatic carbocycles. The van der Waals surface area contributed by atoms with E-state index >= 15 is 0 Å². The maximum Gasteiger partial charge on any atom is 0.226 e. The van der Waals surface area contributed by atoms with Gasteiger partial charge in [-0.2, -0.15) is 0 Å². The lowest BCUT2D eigenvalue weighted by molar-refractivity contribution is -0.134. The van der Waals surface area contributed by atoms with E-state index in [1.807, 2.05) is 9.80 Å². The van der Waals surface area contributed by atoms with Gasteiger partial charge in [0.25, 0.3) is 0 Å². The first-order valence-corrected chi connectivity index (χ1v) is 23.9. The number of nitrogens with one attached hydrogen (secondary N) is 4. The van der Waals surface area contributed by atoms with Gasteiger partial charge in [0.2, 0.25) is 11.8 Å². The van der Waals surface area contributed by atoms with Crippen LogP contribution in [0.3, 0.4) is 0 Å². The van der Waals surface area contributed by atoms with Crippen molar-refractivity contribution in [3.05, 3.63) is 107 Å². The number of carbonyl (C=O) groups excluding carboxylic acids is 2. The molecule has 3 fully saturated rings. The number of anilines is 2. The number of amides is 2. The van der Waals surface area contributed by atoms with Crippen LogP contribution in [-0.4, -0.2) is 101 Å². The van der Waals surface area contributed by atoms with Crippen LogP contribution in [0.1, 0.15) is 63.4 Å². The molecule has 2 atom stereocenters. The Balaban J connectivity index is 0.000000170. The minimum Gasteiger partial charge on any atom is -0.367 e. The number of benzene rings is 1. The number of fused-ring (bicyclic) bond motifs is 2. The van der Waals surface area contributed by atoms with E-state index in [2.05, 4.69) is 50.5 Å². The predicted octanol–water partition coefficient (Wildman–Crippen LogP) is 9.89. The Labute approximate surface area is 400 Å². The fraction of sp³-hybridized carbons (Fsp3) is 0.388. The number of halogens is 5. The van der Waals surface area contributed by atoms with Gasteiger partial charge in [0.1, 0.15) is 17.1 Å². The first-order chi connectivity index (χ1) is 33.0. The number of piperidine rings is 2. The van der Waals surface area contributed by atoms with E-state index in [4.69, 9.17) is 23.2 Å². The van der Waals surface area contributed by atoms with Crippen LogP contribution in [0.15, 0.2) is 73.6 Å². The van der Waals surface area contributed by atoms with Crippen LogP contribution in [0.4, 0.5) is 24.8 Å². The molecule has 8 heterocycles. The van der Waals surface area contributed by atoms with Crippen molar-refractivity contribution in [1.29, 1.82) is 0 Å². The number of nitrogens with zero attached hydrogens (tertiary/aromatic N) is 8. The summed E-state index contributed by atoms with van der Waals surface area (Å²) in [6.45, 7) is 3.81. The number of aromatic amines is 2. The van der Waals surface area contributed by atoms with E-state index in [9.17, 15) is 22.8 Å². The summed E-state index contributed by atoms with van der Waals surface area (Å²) in [6, 6.07) is 9.52. The molecule has 2 aliphatic heterocycles. The molecule has 0 unspecified atom stereocenters. The standard InChI is InChI=1S/C25H23ClF2N6O.C24H28ClFN6O/c26-17-9-19-20(12-31-23(19)30-11-17)24-32-13-21(28)25(33-24)29-10-16-2-1-7-34(14-16)22(35)8-15-3-5-18(27)6-4-15;25-17-9-18-19(12-29-22(18)28-11-17)23-30-13-20(26)24(31-23)27-10-16-6-3-7-32(14-16)21(33)8-15-4-1-2-5-15/h3-6,9,11-13,16H,1-2,7-8,10,14H2,(H,30,31)(H,29,32,33);9,11-13,15-16H,1-8,10,14H2,(H,28,29)(H,27,30,31)/t2*16-/m11/s1. The van der Waals surface area contributed by atoms with Crippen LogP contribution >= 0.6 is 23.2 Å². The fourth-order valence-electron chi connectivity index (χ4n) is 9.45. The van der Waals surface area contributed by atoms with Crippen LogP contribution in [0.2, 0.25) is 10.0 Å². The van der Waals surface area contributed by atoms with Crippen LogP contribution in [0.5, 0.6) is 0 Å². The molecular formula is C49H51Cl2F3N12O2. The molecule has 10 rings (SSSR count). The number of aromatic nitrogens is 8. The number of H-pyrrole nitrogens is 2. The molecule has 2 saturated heterocycles. The normalized spacial score (nSPS) is 17.6. The maximum atomic E-state index is 14.5. The Kier molecular flexibility index (Phi) is 14.7. The summed E-state index contributed by atoms with van der Waals surface area (Å²) < 4.78 is 42.1. The van der Waals surface area contributed by atoms with Gasteiger partial charge in [-0.3, -0.25) is 9.59 Å². The highest BCUT2D eigenvalue weighted by molar-refractivity contribution is 6.31. The van der Waals surface area contributed by atoms with Gasteiger partial charge in [0.05, 0.1) is 28.9 Å². The number of rotatable bonds is 12. The monoisotopic (exact) mass is 966 g/mol. The molecule has 4 N–H and O–H groups in total. The lowest BCUT2D eigenvalue weighted by Crippen LogP contribution is -2.42. The zero-order valence-corrected chi connectivity index (χ0v) is 38.8. The third kappa shape index (κ3) is 11.3. The van der Waals surface area contributed by atoms with E-state index in [1.165, 1.54) is 44.0 Å². The molecule has 0 radical (unpaired) electrons. The van der Waals surface area contributed by atoms with Crippen molar-refractivity contribution < 1.29 is 22.8 Å². The molecule has 68 heavy (non-hydrogen) atoms. The molecule has 1 saturated carbocycles. The molecule has 6 aromatic heterocycles. The van der Waals surface area contributed by atoms with Crippen LogP contribution in [-0.2, 0) is 16.0 Å². The van der Waals surface area contributed by atoms with Gasteiger partial charge in [-0.25, -0.2) is 43.1 Å². The van der Waals surface area contributed by atoms with E-state index in [0.717, 1.165) is 54.8 Å². The highest BCUT2D eigenvalue weighted by Crippen LogP contribution is 2.32. The van der Waals surface area contributed by atoms with Gasteiger partial charge in [0.15, 0.2) is 34.9 Å². The van der Waals surface area contributed by atoms with E-state index in [1.54, 1.807) is 49.1 Å². The Hall–Kier alpha value is -6.33. The molecule has 19 heteroatoms. The number of carbonyl (C=O) groups is 2. The summed E-state index contributed by atoms with van der Waals surface area (Å²) in [5, 5.41) is 8.78. The van der Waals surface area contributed by atoms with E-state index in [0.29, 0.717) is 89.2 Å². The van der Waals surface area contributed by atoms with Crippen molar-refractivity contribution >= 4 is 68.7 Å². The second-order valence-electron chi connectivity index (χ2n) is 17.9. The average molecular weight is 968 g/mol. The number of pyridine rings is 2. The molecule has 0 spiro atoms. The van der Waals surface area contributed by atoms with Crippen LogP contribution in [0.25, 0.3) is 44.8 Å². The van der Waals surface area contributed by atoms with E-state index in [-0.39, 0.29) is 47.5 Å². The number of hydrogen-bond acceptors (Lipinski definition) is 10.